The maximum atomic E-state index is 12.0. The van der Waals surface area contributed by atoms with Crippen LogP contribution in [0.3, 0.4) is 0 Å². The average molecular weight is 334 g/mol. The maximum absolute atomic E-state index is 12.0. The molecular formula is C16H20N3O5+. The fourth-order valence-corrected chi connectivity index (χ4v) is 3.14. The molecule has 1 saturated heterocycles. The number of likely N-dealkylation sites (N-methyl/N-ethyl adjacent to an activating group) is 1. The molecule has 128 valence electrons. The van der Waals surface area contributed by atoms with Gasteiger partial charge in [0.25, 0.3) is 0 Å². The predicted molar refractivity (Wildman–Crippen MR) is 82.7 cm³/mol. The van der Waals surface area contributed by atoms with E-state index in [0.717, 1.165) is 33.2 Å². The van der Waals surface area contributed by atoms with Gasteiger partial charge in [0.15, 0.2) is 18.2 Å². The second-order valence-electron chi connectivity index (χ2n) is 5.94. The van der Waals surface area contributed by atoms with Gasteiger partial charge in [0, 0.05) is 19.0 Å². The number of methoxy groups -OCH3 is 2. The van der Waals surface area contributed by atoms with Gasteiger partial charge < -0.3 is 14.4 Å². The summed E-state index contributed by atoms with van der Waals surface area (Å²) in [5, 5.41) is 0. The summed E-state index contributed by atoms with van der Waals surface area (Å²) in [4.78, 5) is 38.4. The van der Waals surface area contributed by atoms with Crippen molar-refractivity contribution in [2.24, 2.45) is 0 Å². The Morgan fingerprint density at radius 2 is 1.67 bits per heavy atom. The second kappa shape index (κ2) is 6.12. The van der Waals surface area contributed by atoms with Gasteiger partial charge in [-0.15, -0.1) is 0 Å². The summed E-state index contributed by atoms with van der Waals surface area (Å²) in [7, 11) is 4.50. The molecule has 1 aromatic rings. The monoisotopic (exact) mass is 334 g/mol. The molecule has 0 spiro atoms. The maximum Gasteiger partial charge on any atom is 0.338 e. The number of urea groups is 1. The fraction of sp³-hybridized carbons (Fsp3) is 0.438. The topological polar surface area (TPSA) is 80.6 Å². The lowest BCUT2D eigenvalue weighted by Gasteiger charge is -2.28. The fourth-order valence-electron chi connectivity index (χ4n) is 3.14. The number of quaternary nitrogens is 1. The predicted octanol–water partition coefficient (Wildman–Crippen LogP) is -0.977. The van der Waals surface area contributed by atoms with Gasteiger partial charge in [0.05, 0.1) is 20.8 Å². The molecule has 3 rings (SSSR count). The molecule has 2 heterocycles. The molecule has 0 radical (unpaired) electrons. The highest BCUT2D eigenvalue weighted by atomic mass is 16.5. The Kier molecular flexibility index (Phi) is 4.15. The first-order chi connectivity index (χ1) is 11.5. The number of nitrogens with zero attached hydrogens (tertiary/aromatic N) is 2. The van der Waals surface area contributed by atoms with E-state index in [1.165, 1.54) is 12.6 Å². The number of carbonyl (C=O) groups excluding carboxylic acids is 3. The molecule has 0 bridgehead atoms. The Bertz CT molecular complexity index is 718. The van der Waals surface area contributed by atoms with E-state index in [-0.39, 0.29) is 6.67 Å². The number of benzene rings is 1. The number of ether oxygens (including phenoxy) is 2. The van der Waals surface area contributed by atoms with Crippen LogP contribution in [0.4, 0.5) is 4.79 Å². The number of hydrogen-bond donors (Lipinski definition) is 1. The number of imide groups is 2. The third-order valence-electron chi connectivity index (χ3n) is 4.53. The first-order valence-corrected chi connectivity index (χ1v) is 7.67. The van der Waals surface area contributed by atoms with Crippen molar-refractivity contribution in [1.82, 2.24) is 9.80 Å². The molecule has 0 saturated carbocycles. The Hall–Kier alpha value is -2.61. The van der Waals surface area contributed by atoms with Gasteiger partial charge in [-0.2, -0.15) is 0 Å². The van der Waals surface area contributed by atoms with Crippen molar-refractivity contribution in [3.8, 4) is 11.5 Å². The van der Waals surface area contributed by atoms with Crippen molar-refractivity contribution >= 4 is 17.8 Å². The summed E-state index contributed by atoms with van der Waals surface area (Å²) >= 11 is 0. The molecule has 24 heavy (non-hydrogen) atoms. The molecule has 1 unspecified atom stereocenters. The molecule has 8 nitrogen and oxygen atoms in total. The third kappa shape index (κ3) is 2.58. The zero-order valence-corrected chi connectivity index (χ0v) is 13.9. The summed E-state index contributed by atoms with van der Waals surface area (Å²) in [5.41, 5.74) is 2.26. The molecule has 4 amide bonds. The SMILES string of the molecule is COc1cc2c(cc1OC)C[NH+](CN1C(=O)C(=O)N(C)C1=O)CC2. The van der Waals surface area contributed by atoms with E-state index in [1.807, 2.05) is 12.1 Å². The van der Waals surface area contributed by atoms with Crippen molar-refractivity contribution in [1.29, 1.82) is 0 Å². The number of rotatable bonds is 4. The summed E-state index contributed by atoms with van der Waals surface area (Å²) in [6.45, 7) is 1.59. The van der Waals surface area contributed by atoms with Gasteiger partial charge in [-0.3, -0.25) is 14.5 Å². The Morgan fingerprint density at radius 1 is 1.04 bits per heavy atom. The quantitative estimate of drug-likeness (QED) is 0.566. The lowest BCUT2D eigenvalue weighted by Crippen LogP contribution is -3.13. The van der Waals surface area contributed by atoms with Crippen LogP contribution in [0.15, 0.2) is 12.1 Å². The van der Waals surface area contributed by atoms with Crippen molar-refractivity contribution < 1.29 is 28.8 Å². The Balaban J connectivity index is 1.77. The summed E-state index contributed by atoms with van der Waals surface area (Å²) in [6, 6.07) is 3.34. The van der Waals surface area contributed by atoms with Crippen LogP contribution in [-0.2, 0) is 22.6 Å². The van der Waals surface area contributed by atoms with Crippen molar-refractivity contribution in [3.63, 3.8) is 0 Å². The number of nitrogens with one attached hydrogen (secondary N) is 1. The summed E-state index contributed by atoms with van der Waals surface area (Å²) in [5.74, 6) is -0.186. The second-order valence-corrected chi connectivity index (χ2v) is 5.94. The smallest absolute Gasteiger partial charge is 0.338 e. The molecular weight excluding hydrogens is 314 g/mol. The van der Waals surface area contributed by atoms with Gasteiger partial charge >= 0.3 is 17.8 Å². The number of fused-ring (bicyclic) bond motifs is 1. The van der Waals surface area contributed by atoms with E-state index in [4.69, 9.17) is 9.47 Å². The van der Waals surface area contributed by atoms with Crippen LogP contribution in [0.2, 0.25) is 0 Å². The minimum atomic E-state index is -0.775. The van der Waals surface area contributed by atoms with Crippen LogP contribution >= 0.6 is 0 Å². The molecule has 1 fully saturated rings. The highest BCUT2D eigenvalue weighted by Crippen LogP contribution is 2.31. The van der Waals surface area contributed by atoms with Crippen LogP contribution < -0.4 is 14.4 Å². The minimum Gasteiger partial charge on any atom is -0.493 e. The van der Waals surface area contributed by atoms with E-state index in [1.54, 1.807) is 14.2 Å². The zero-order chi connectivity index (χ0) is 17.4. The van der Waals surface area contributed by atoms with E-state index in [0.29, 0.717) is 18.0 Å². The normalized spacial score (nSPS) is 20.5. The van der Waals surface area contributed by atoms with Gasteiger partial charge in [-0.05, 0) is 17.7 Å². The highest BCUT2D eigenvalue weighted by molar-refractivity contribution is 6.44. The number of amides is 4. The Labute approximate surface area is 139 Å². The molecule has 1 atom stereocenters. The molecule has 1 N–H and O–H groups in total. The minimum absolute atomic E-state index is 0.182. The molecule has 0 aromatic heterocycles. The molecule has 0 aliphatic carbocycles. The van der Waals surface area contributed by atoms with E-state index < -0.39 is 17.8 Å². The van der Waals surface area contributed by atoms with E-state index >= 15 is 0 Å². The lowest BCUT2D eigenvalue weighted by atomic mass is 9.99. The largest absolute Gasteiger partial charge is 0.493 e. The molecule has 2 aliphatic heterocycles. The Morgan fingerprint density at radius 3 is 2.21 bits per heavy atom. The summed E-state index contributed by atoms with van der Waals surface area (Å²) in [6.07, 6.45) is 0.797. The van der Waals surface area contributed by atoms with Gasteiger partial charge in [-0.1, -0.05) is 0 Å². The average Bonchev–Trinajstić information content (AvgIpc) is 2.78. The van der Waals surface area contributed by atoms with Crippen LogP contribution in [-0.4, -0.2) is 62.1 Å². The van der Waals surface area contributed by atoms with Crippen molar-refractivity contribution in [2.75, 3.05) is 34.5 Å². The van der Waals surface area contributed by atoms with Gasteiger partial charge in [0.2, 0.25) is 0 Å². The molecule has 1 aromatic carbocycles. The first kappa shape index (κ1) is 16.3. The van der Waals surface area contributed by atoms with Crippen LogP contribution in [0, 0.1) is 0 Å². The van der Waals surface area contributed by atoms with Crippen LogP contribution in [0.1, 0.15) is 11.1 Å². The third-order valence-corrected chi connectivity index (χ3v) is 4.53. The highest BCUT2D eigenvalue weighted by Gasteiger charge is 2.44. The number of hydrogen-bond acceptors (Lipinski definition) is 5. The first-order valence-electron chi connectivity index (χ1n) is 7.67. The van der Waals surface area contributed by atoms with E-state index in [2.05, 4.69) is 0 Å². The van der Waals surface area contributed by atoms with Gasteiger partial charge in [0.1, 0.15) is 6.54 Å². The van der Waals surface area contributed by atoms with Crippen LogP contribution in [0.5, 0.6) is 11.5 Å². The molecule has 8 heteroatoms. The van der Waals surface area contributed by atoms with Gasteiger partial charge in [-0.25, -0.2) is 9.69 Å². The zero-order valence-electron chi connectivity index (χ0n) is 13.9. The van der Waals surface area contributed by atoms with Crippen molar-refractivity contribution in [3.05, 3.63) is 23.3 Å². The van der Waals surface area contributed by atoms with Crippen molar-refractivity contribution in [2.45, 2.75) is 13.0 Å². The molecule has 2 aliphatic rings. The van der Waals surface area contributed by atoms with Crippen LogP contribution in [0.25, 0.3) is 0 Å². The van der Waals surface area contributed by atoms with E-state index in [9.17, 15) is 14.4 Å². The lowest BCUT2D eigenvalue weighted by molar-refractivity contribution is -0.923. The number of carbonyl (C=O) groups is 3. The standard InChI is InChI=1S/C16H19N3O5/c1-17-14(20)15(21)19(16(17)22)9-18-5-4-10-6-12(23-2)13(24-3)7-11(10)8-18/h6-7H,4-5,8-9H2,1-3H3/p+1. The summed E-state index contributed by atoms with van der Waals surface area (Å²) < 4.78 is 10.6.